The van der Waals surface area contributed by atoms with Gasteiger partial charge in [-0.15, -0.1) is 0 Å². The number of para-hydroxylation sites is 2. The van der Waals surface area contributed by atoms with Gasteiger partial charge in [0.1, 0.15) is 0 Å². The molecule has 0 bridgehead atoms. The summed E-state index contributed by atoms with van der Waals surface area (Å²) in [4.78, 5) is 32.3. The first-order valence-corrected chi connectivity index (χ1v) is 11.3. The van der Waals surface area contributed by atoms with Crippen molar-refractivity contribution in [3.8, 4) is 0 Å². The van der Waals surface area contributed by atoms with Crippen LogP contribution in [0.2, 0.25) is 0 Å². The first-order valence-electron chi connectivity index (χ1n) is 11.3. The summed E-state index contributed by atoms with van der Waals surface area (Å²) in [5.74, 6) is 0.354. The van der Waals surface area contributed by atoms with Gasteiger partial charge in [-0.2, -0.15) is 0 Å². The van der Waals surface area contributed by atoms with E-state index in [0.29, 0.717) is 18.6 Å². The summed E-state index contributed by atoms with van der Waals surface area (Å²) in [7, 11) is 0. The fraction of sp³-hybridized carbons (Fsp3) is 0.652. The third-order valence-electron chi connectivity index (χ3n) is 6.63. The Kier molecular flexibility index (Phi) is 6.18. The average Bonchev–Trinajstić information content (AvgIpc) is 3.07. The van der Waals surface area contributed by atoms with E-state index in [2.05, 4.69) is 30.7 Å². The molecule has 2 aliphatic rings. The number of imidazole rings is 1. The predicted molar refractivity (Wildman–Crippen MR) is 118 cm³/mol. The van der Waals surface area contributed by atoms with Gasteiger partial charge in [0.05, 0.1) is 17.6 Å². The number of nitrogens with one attached hydrogen (secondary N) is 1. The minimum absolute atomic E-state index is 0.00325. The van der Waals surface area contributed by atoms with Crippen molar-refractivity contribution in [2.45, 2.75) is 64.6 Å². The van der Waals surface area contributed by atoms with E-state index in [1.54, 1.807) is 0 Å². The van der Waals surface area contributed by atoms with Crippen LogP contribution in [0.25, 0.3) is 11.0 Å². The molecule has 2 fully saturated rings. The molecule has 0 radical (unpaired) electrons. The van der Waals surface area contributed by atoms with Crippen LogP contribution in [-0.2, 0) is 4.74 Å². The Morgan fingerprint density at radius 3 is 2.53 bits per heavy atom. The molecule has 164 valence electrons. The summed E-state index contributed by atoms with van der Waals surface area (Å²) < 4.78 is 7.38. The van der Waals surface area contributed by atoms with Crippen LogP contribution < -0.4 is 5.69 Å². The zero-order chi connectivity index (χ0) is 21.3. The van der Waals surface area contributed by atoms with Gasteiger partial charge in [-0.05, 0) is 50.7 Å². The van der Waals surface area contributed by atoms with Gasteiger partial charge in [0, 0.05) is 37.8 Å². The van der Waals surface area contributed by atoms with E-state index in [4.69, 9.17) is 4.74 Å². The number of rotatable bonds is 4. The number of piperidine rings is 2. The van der Waals surface area contributed by atoms with Gasteiger partial charge < -0.3 is 19.5 Å². The van der Waals surface area contributed by atoms with Gasteiger partial charge in [-0.1, -0.05) is 26.0 Å². The number of nitrogens with zero attached hydrogens (tertiary/aromatic N) is 3. The summed E-state index contributed by atoms with van der Waals surface area (Å²) in [6, 6.07) is 8.86. The summed E-state index contributed by atoms with van der Waals surface area (Å²) >= 11 is 0. The molecule has 0 saturated carbocycles. The van der Waals surface area contributed by atoms with E-state index >= 15 is 0 Å². The normalized spacial score (nSPS) is 23.9. The number of aromatic amines is 1. The lowest BCUT2D eigenvalue weighted by Crippen LogP contribution is -2.52. The number of hydrogen-bond donors (Lipinski definition) is 1. The second kappa shape index (κ2) is 8.84. The molecule has 1 amide bonds. The van der Waals surface area contributed by atoms with E-state index in [-0.39, 0.29) is 23.9 Å². The number of likely N-dealkylation sites (tertiary alicyclic amines) is 2. The van der Waals surface area contributed by atoms with E-state index in [1.165, 1.54) is 0 Å². The average molecular weight is 415 g/mol. The lowest BCUT2D eigenvalue weighted by atomic mass is 9.94. The standard InChI is InChI=1S/C23H34N4O3/c1-16(2)15-30-23(29)26-13-10-19(14-17(26)3)25-11-8-18(9-12-25)27-21-7-5-4-6-20(21)24-22(27)28/h4-7,16-19H,8-15H2,1-3H3,(H,24,28). The summed E-state index contributed by atoms with van der Waals surface area (Å²) in [5.41, 5.74) is 1.91. The molecule has 2 aromatic rings. The molecule has 2 unspecified atom stereocenters. The summed E-state index contributed by atoms with van der Waals surface area (Å²) in [6.07, 6.45) is 3.75. The minimum atomic E-state index is -0.174. The van der Waals surface area contributed by atoms with Gasteiger partial charge >= 0.3 is 11.8 Å². The number of carbonyl (C=O) groups is 1. The van der Waals surface area contributed by atoms with Gasteiger partial charge in [0.15, 0.2) is 0 Å². The van der Waals surface area contributed by atoms with E-state index in [1.807, 2.05) is 33.7 Å². The van der Waals surface area contributed by atoms with Crippen molar-refractivity contribution in [1.29, 1.82) is 0 Å². The second-order valence-corrected chi connectivity index (χ2v) is 9.28. The number of fused-ring (bicyclic) bond motifs is 1. The highest BCUT2D eigenvalue weighted by Crippen LogP contribution is 2.29. The monoisotopic (exact) mass is 414 g/mol. The lowest BCUT2D eigenvalue weighted by Gasteiger charge is -2.44. The molecule has 1 aromatic heterocycles. The molecule has 30 heavy (non-hydrogen) atoms. The van der Waals surface area contributed by atoms with Crippen LogP contribution in [0.3, 0.4) is 0 Å². The number of ether oxygens (including phenoxy) is 1. The molecule has 1 aromatic carbocycles. The Bertz CT molecular complexity index is 926. The van der Waals surface area contributed by atoms with E-state index in [0.717, 1.165) is 56.4 Å². The topological polar surface area (TPSA) is 70.6 Å². The molecule has 7 heteroatoms. The first kappa shape index (κ1) is 21.0. The third kappa shape index (κ3) is 4.26. The van der Waals surface area contributed by atoms with Crippen LogP contribution in [-0.4, -0.2) is 63.8 Å². The maximum Gasteiger partial charge on any atom is 0.410 e. The van der Waals surface area contributed by atoms with Crippen molar-refractivity contribution in [3.05, 3.63) is 34.7 Å². The number of hydrogen-bond acceptors (Lipinski definition) is 4. The Morgan fingerprint density at radius 1 is 1.13 bits per heavy atom. The fourth-order valence-electron chi connectivity index (χ4n) is 5.02. The van der Waals surface area contributed by atoms with Crippen LogP contribution in [0.1, 0.15) is 52.5 Å². The highest BCUT2D eigenvalue weighted by Gasteiger charge is 2.34. The Balaban J connectivity index is 1.33. The summed E-state index contributed by atoms with van der Waals surface area (Å²) in [5, 5.41) is 0. The molecule has 2 aliphatic heterocycles. The predicted octanol–water partition coefficient (Wildman–Crippen LogP) is 3.61. The highest BCUT2D eigenvalue weighted by atomic mass is 16.6. The van der Waals surface area contributed by atoms with Gasteiger partial charge in [0.2, 0.25) is 0 Å². The zero-order valence-corrected chi connectivity index (χ0v) is 18.3. The molecular formula is C23H34N4O3. The van der Waals surface area contributed by atoms with Crippen molar-refractivity contribution < 1.29 is 9.53 Å². The van der Waals surface area contributed by atoms with Crippen LogP contribution in [0.15, 0.2) is 29.1 Å². The molecule has 3 heterocycles. The molecule has 4 rings (SSSR count). The number of benzene rings is 1. The summed E-state index contributed by atoms with van der Waals surface area (Å²) in [6.45, 7) is 9.45. The number of amides is 1. The number of aromatic nitrogens is 2. The van der Waals surface area contributed by atoms with Crippen molar-refractivity contribution >= 4 is 17.1 Å². The zero-order valence-electron chi connectivity index (χ0n) is 18.3. The molecule has 0 aliphatic carbocycles. The minimum Gasteiger partial charge on any atom is -0.449 e. The number of carbonyl (C=O) groups excluding carboxylic acids is 1. The molecule has 1 N–H and O–H groups in total. The van der Waals surface area contributed by atoms with Crippen LogP contribution in [0.5, 0.6) is 0 Å². The molecule has 2 saturated heterocycles. The number of H-pyrrole nitrogens is 1. The third-order valence-corrected chi connectivity index (χ3v) is 6.63. The molecule has 7 nitrogen and oxygen atoms in total. The maximum absolute atomic E-state index is 12.5. The van der Waals surface area contributed by atoms with Crippen LogP contribution in [0, 0.1) is 5.92 Å². The van der Waals surface area contributed by atoms with Crippen molar-refractivity contribution in [2.24, 2.45) is 5.92 Å². The van der Waals surface area contributed by atoms with Gasteiger partial charge in [-0.25, -0.2) is 9.59 Å². The van der Waals surface area contributed by atoms with Gasteiger partial charge in [-0.3, -0.25) is 4.57 Å². The highest BCUT2D eigenvalue weighted by molar-refractivity contribution is 5.75. The van der Waals surface area contributed by atoms with E-state index < -0.39 is 0 Å². The van der Waals surface area contributed by atoms with E-state index in [9.17, 15) is 9.59 Å². The SMILES string of the molecule is CC(C)COC(=O)N1CCC(N2CCC(n3c(=O)[nH]c4ccccc43)CC2)CC1C. The maximum atomic E-state index is 12.5. The molecule has 0 spiro atoms. The van der Waals surface area contributed by atoms with Crippen LogP contribution >= 0.6 is 0 Å². The Morgan fingerprint density at radius 2 is 1.83 bits per heavy atom. The quantitative estimate of drug-likeness (QED) is 0.830. The van der Waals surface area contributed by atoms with Crippen molar-refractivity contribution in [3.63, 3.8) is 0 Å². The molecular weight excluding hydrogens is 380 g/mol. The second-order valence-electron chi connectivity index (χ2n) is 9.28. The van der Waals surface area contributed by atoms with Crippen molar-refractivity contribution in [2.75, 3.05) is 26.2 Å². The first-order chi connectivity index (χ1) is 14.4. The van der Waals surface area contributed by atoms with Crippen LogP contribution in [0.4, 0.5) is 4.79 Å². The van der Waals surface area contributed by atoms with Gasteiger partial charge in [0.25, 0.3) is 0 Å². The smallest absolute Gasteiger partial charge is 0.410 e. The fourth-order valence-corrected chi connectivity index (χ4v) is 5.02. The molecule has 2 atom stereocenters. The Hall–Kier alpha value is -2.28. The van der Waals surface area contributed by atoms with Crippen molar-refractivity contribution in [1.82, 2.24) is 19.4 Å². The largest absolute Gasteiger partial charge is 0.449 e. The lowest BCUT2D eigenvalue weighted by molar-refractivity contribution is 0.0349. The Labute approximate surface area is 178 Å².